The summed E-state index contributed by atoms with van der Waals surface area (Å²) in [5.74, 6) is 0.00148. The molecule has 0 bridgehead atoms. The normalized spacial score (nSPS) is 19.2. The van der Waals surface area contributed by atoms with Crippen molar-refractivity contribution in [2.75, 3.05) is 40.3 Å². The van der Waals surface area contributed by atoms with E-state index >= 15 is 0 Å². The van der Waals surface area contributed by atoms with Crippen LogP contribution in [-0.4, -0.2) is 68.1 Å². The summed E-state index contributed by atoms with van der Waals surface area (Å²) in [5.41, 5.74) is 3.35. The van der Waals surface area contributed by atoms with Gasteiger partial charge in [0.2, 0.25) is 0 Å². The first kappa shape index (κ1) is 16.4. The molecule has 0 aromatic heterocycles. The summed E-state index contributed by atoms with van der Waals surface area (Å²) in [7, 11) is -0.343. The van der Waals surface area contributed by atoms with Crippen LogP contribution in [0.3, 0.4) is 0 Å². The number of carbonyl (C=O) groups excluding carboxylic acids is 1. The van der Waals surface area contributed by atoms with Gasteiger partial charge in [0.25, 0.3) is 16.1 Å². The first-order valence-electron chi connectivity index (χ1n) is 7.98. The zero-order valence-corrected chi connectivity index (χ0v) is 14.5. The SMILES string of the molecule is CN(C)S(=O)(=O)N1CCN(C(=O)c2ccc3c(c2)CCC3)CC1. The Kier molecular flexibility index (Phi) is 4.44. The number of piperazine rings is 1. The van der Waals surface area contributed by atoms with Crippen LogP contribution in [-0.2, 0) is 23.1 Å². The third-order valence-corrected chi connectivity index (χ3v) is 6.60. The first-order chi connectivity index (χ1) is 10.9. The van der Waals surface area contributed by atoms with E-state index in [0.29, 0.717) is 26.2 Å². The predicted molar refractivity (Wildman–Crippen MR) is 88.6 cm³/mol. The van der Waals surface area contributed by atoms with Crippen molar-refractivity contribution in [2.45, 2.75) is 19.3 Å². The quantitative estimate of drug-likeness (QED) is 0.817. The van der Waals surface area contributed by atoms with Gasteiger partial charge < -0.3 is 4.90 Å². The van der Waals surface area contributed by atoms with Gasteiger partial charge in [-0.05, 0) is 42.5 Å². The minimum Gasteiger partial charge on any atom is -0.336 e. The maximum Gasteiger partial charge on any atom is 0.281 e. The van der Waals surface area contributed by atoms with Gasteiger partial charge >= 0.3 is 0 Å². The Morgan fingerprint density at radius 1 is 1.04 bits per heavy atom. The van der Waals surface area contributed by atoms with Crippen molar-refractivity contribution >= 4 is 16.1 Å². The summed E-state index contributed by atoms with van der Waals surface area (Å²) < 4.78 is 26.9. The highest BCUT2D eigenvalue weighted by Gasteiger charge is 2.30. The van der Waals surface area contributed by atoms with E-state index in [1.165, 1.54) is 33.8 Å². The molecule has 1 fully saturated rings. The average molecular weight is 337 g/mol. The number of rotatable bonds is 3. The Labute approximate surface area is 137 Å². The van der Waals surface area contributed by atoms with Crippen LogP contribution in [0.5, 0.6) is 0 Å². The van der Waals surface area contributed by atoms with E-state index in [-0.39, 0.29) is 5.91 Å². The van der Waals surface area contributed by atoms with E-state index in [4.69, 9.17) is 0 Å². The second-order valence-corrected chi connectivity index (χ2v) is 8.46. The van der Waals surface area contributed by atoms with E-state index in [1.54, 1.807) is 4.90 Å². The molecule has 1 amide bonds. The number of benzene rings is 1. The smallest absolute Gasteiger partial charge is 0.281 e. The number of nitrogens with zero attached hydrogens (tertiary/aromatic N) is 3. The van der Waals surface area contributed by atoms with Gasteiger partial charge in [0, 0.05) is 45.8 Å². The summed E-state index contributed by atoms with van der Waals surface area (Å²) in [6.07, 6.45) is 3.31. The molecular formula is C16H23N3O3S. The fourth-order valence-corrected chi connectivity index (χ4v) is 4.33. The zero-order chi connectivity index (χ0) is 16.6. The third-order valence-electron chi connectivity index (χ3n) is 4.66. The Hall–Kier alpha value is -1.44. The van der Waals surface area contributed by atoms with Crippen LogP contribution in [0.4, 0.5) is 0 Å². The molecule has 0 saturated carbocycles. The molecule has 2 aliphatic rings. The molecule has 6 nitrogen and oxygen atoms in total. The Morgan fingerprint density at radius 3 is 2.35 bits per heavy atom. The maximum atomic E-state index is 12.6. The molecule has 0 N–H and O–H groups in total. The highest BCUT2D eigenvalue weighted by Crippen LogP contribution is 2.23. The van der Waals surface area contributed by atoms with Gasteiger partial charge in [-0.3, -0.25) is 4.79 Å². The van der Waals surface area contributed by atoms with Crippen LogP contribution in [0.15, 0.2) is 18.2 Å². The lowest BCUT2D eigenvalue weighted by atomic mass is 10.1. The summed E-state index contributed by atoms with van der Waals surface area (Å²) in [6, 6.07) is 5.96. The van der Waals surface area contributed by atoms with Crippen molar-refractivity contribution in [2.24, 2.45) is 0 Å². The molecule has 7 heteroatoms. The fraction of sp³-hybridized carbons (Fsp3) is 0.562. The van der Waals surface area contributed by atoms with Crippen LogP contribution in [0, 0.1) is 0 Å². The van der Waals surface area contributed by atoms with Gasteiger partial charge in [-0.2, -0.15) is 17.0 Å². The lowest BCUT2D eigenvalue weighted by Gasteiger charge is -2.35. The van der Waals surface area contributed by atoms with E-state index < -0.39 is 10.2 Å². The average Bonchev–Trinajstić information content (AvgIpc) is 3.01. The van der Waals surface area contributed by atoms with Crippen molar-refractivity contribution in [1.29, 1.82) is 0 Å². The highest BCUT2D eigenvalue weighted by atomic mass is 32.2. The van der Waals surface area contributed by atoms with Gasteiger partial charge in [0.05, 0.1) is 0 Å². The van der Waals surface area contributed by atoms with Crippen molar-refractivity contribution in [3.05, 3.63) is 34.9 Å². The van der Waals surface area contributed by atoms with Gasteiger partial charge in [-0.15, -0.1) is 0 Å². The van der Waals surface area contributed by atoms with Gasteiger partial charge in [-0.25, -0.2) is 0 Å². The Morgan fingerprint density at radius 2 is 1.70 bits per heavy atom. The minimum absolute atomic E-state index is 0.00148. The third kappa shape index (κ3) is 3.13. The molecule has 0 unspecified atom stereocenters. The number of aryl methyl sites for hydroxylation is 2. The zero-order valence-electron chi connectivity index (χ0n) is 13.7. The largest absolute Gasteiger partial charge is 0.336 e. The van der Waals surface area contributed by atoms with Crippen LogP contribution < -0.4 is 0 Å². The second-order valence-electron chi connectivity index (χ2n) is 6.32. The highest BCUT2D eigenvalue weighted by molar-refractivity contribution is 7.86. The maximum absolute atomic E-state index is 12.6. The molecule has 1 aliphatic carbocycles. The summed E-state index contributed by atoms with van der Waals surface area (Å²) in [5, 5.41) is 0. The van der Waals surface area contributed by atoms with Gasteiger partial charge in [0.15, 0.2) is 0 Å². The van der Waals surface area contributed by atoms with Crippen LogP contribution >= 0.6 is 0 Å². The molecule has 1 aromatic rings. The van der Waals surface area contributed by atoms with E-state index in [2.05, 4.69) is 6.07 Å². The number of amides is 1. The summed E-state index contributed by atoms with van der Waals surface area (Å²) >= 11 is 0. The molecule has 0 spiro atoms. The number of fused-ring (bicyclic) bond motifs is 1. The molecule has 1 aliphatic heterocycles. The molecule has 1 heterocycles. The summed E-state index contributed by atoms with van der Waals surface area (Å²) in [6.45, 7) is 1.56. The molecule has 1 saturated heterocycles. The summed E-state index contributed by atoms with van der Waals surface area (Å²) in [4.78, 5) is 14.4. The number of carbonyl (C=O) groups is 1. The number of hydrogen-bond acceptors (Lipinski definition) is 3. The molecule has 3 rings (SSSR count). The monoisotopic (exact) mass is 337 g/mol. The van der Waals surface area contributed by atoms with Crippen molar-refractivity contribution in [3.63, 3.8) is 0 Å². The van der Waals surface area contributed by atoms with Gasteiger partial charge in [-0.1, -0.05) is 6.07 Å². The van der Waals surface area contributed by atoms with Crippen LogP contribution in [0.1, 0.15) is 27.9 Å². The first-order valence-corrected chi connectivity index (χ1v) is 9.38. The topological polar surface area (TPSA) is 60.9 Å². The Balaban J connectivity index is 1.67. The van der Waals surface area contributed by atoms with E-state index in [0.717, 1.165) is 24.8 Å². The molecule has 23 heavy (non-hydrogen) atoms. The molecule has 0 atom stereocenters. The molecular weight excluding hydrogens is 314 g/mol. The van der Waals surface area contributed by atoms with Crippen molar-refractivity contribution in [3.8, 4) is 0 Å². The Bertz CT molecular complexity index is 707. The van der Waals surface area contributed by atoms with Gasteiger partial charge in [0.1, 0.15) is 0 Å². The predicted octanol–water partition coefficient (Wildman–Crippen LogP) is 0.740. The standard InChI is InChI=1S/C16H23N3O3S/c1-17(2)23(21,22)19-10-8-18(9-11-19)16(20)15-7-6-13-4-3-5-14(13)12-15/h6-7,12H,3-5,8-11H2,1-2H3. The molecule has 1 aromatic carbocycles. The molecule has 0 radical (unpaired) electrons. The molecule has 126 valence electrons. The minimum atomic E-state index is -3.39. The fourth-order valence-electron chi connectivity index (χ4n) is 3.24. The number of hydrogen-bond donors (Lipinski definition) is 0. The lowest BCUT2D eigenvalue weighted by Crippen LogP contribution is -2.53. The van der Waals surface area contributed by atoms with Crippen molar-refractivity contribution < 1.29 is 13.2 Å². The second kappa shape index (κ2) is 6.22. The van der Waals surface area contributed by atoms with Crippen LogP contribution in [0.25, 0.3) is 0 Å². The van der Waals surface area contributed by atoms with Crippen LogP contribution in [0.2, 0.25) is 0 Å². The van der Waals surface area contributed by atoms with E-state index in [1.807, 2.05) is 12.1 Å². The lowest BCUT2D eigenvalue weighted by molar-refractivity contribution is 0.0695. The van der Waals surface area contributed by atoms with Crippen molar-refractivity contribution in [1.82, 2.24) is 13.5 Å². The van der Waals surface area contributed by atoms with E-state index in [9.17, 15) is 13.2 Å².